The summed E-state index contributed by atoms with van der Waals surface area (Å²) < 4.78 is 46.2. The first-order valence-corrected chi connectivity index (χ1v) is 11.4. The fraction of sp³-hybridized carbons (Fsp3) is 0.542. The molecule has 0 bridgehead atoms. The summed E-state index contributed by atoms with van der Waals surface area (Å²) in [6, 6.07) is 5.79. The van der Waals surface area contributed by atoms with Crippen LogP contribution in [-0.2, 0) is 25.1 Å². The molecule has 5 rings (SSSR count). The summed E-state index contributed by atoms with van der Waals surface area (Å²) >= 11 is 0. The van der Waals surface area contributed by atoms with Crippen LogP contribution >= 0.6 is 0 Å². The molecular weight excluding hydrogens is 447 g/mol. The largest absolute Gasteiger partial charge is 0.437 e. The number of hydrogen-bond acceptors (Lipinski definition) is 5. The van der Waals surface area contributed by atoms with Crippen molar-refractivity contribution in [3.8, 4) is 11.6 Å². The molecule has 0 radical (unpaired) electrons. The van der Waals surface area contributed by atoms with Crippen molar-refractivity contribution in [1.29, 1.82) is 0 Å². The first-order valence-electron chi connectivity index (χ1n) is 11.4. The van der Waals surface area contributed by atoms with Gasteiger partial charge in [0.2, 0.25) is 5.82 Å². The fourth-order valence-corrected chi connectivity index (χ4v) is 5.33. The Balaban J connectivity index is 0.00000274. The van der Waals surface area contributed by atoms with E-state index in [0.717, 1.165) is 62.4 Å². The minimum absolute atomic E-state index is 0. The van der Waals surface area contributed by atoms with Gasteiger partial charge in [-0.2, -0.15) is 13.2 Å². The first-order chi connectivity index (χ1) is 15.7. The molecule has 3 aromatic rings. The molecule has 1 saturated heterocycles. The Morgan fingerprint density at radius 1 is 1.12 bits per heavy atom. The summed E-state index contributed by atoms with van der Waals surface area (Å²) in [5, 5.41) is 8.63. The molecule has 7 nitrogen and oxygen atoms in total. The molecule has 3 heterocycles. The van der Waals surface area contributed by atoms with Crippen molar-refractivity contribution in [2.75, 3.05) is 19.6 Å². The van der Waals surface area contributed by atoms with Gasteiger partial charge in [-0.1, -0.05) is 12.1 Å². The van der Waals surface area contributed by atoms with Crippen molar-refractivity contribution < 1.29 is 23.1 Å². The number of piperidine rings is 1. The van der Waals surface area contributed by atoms with E-state index in [9.17, 15) is 13.2 Å². The Labute approximate surface area is 196 Å². The van der Waals surface area contributed by atoms with E-state index >= 15 is 0 Å². The molecule has 1 unspecified atom stereocenters. The Hall–Kier alpha value is -2.72. The van der Waals surface area contributed by atoms with Gasteiger partial charge in [0.1, 0.15) is 5.82 Å². The molecule has 0 amide bonds. The minimum Gasteiger partial charge on any atom is -0.437 e. The number of likely N-dealkylation sites (tertiary alicyclic amines) is 1. The minimum atomic E-state index is -4.28. The van der Waals surface area contributed by atoms with Crippen molar-refractivity contribution in [3.63, 3.8) is 0 Å². The molecule has 1 aliphatic heterocycles. The zero-order chi connectivity index (χ0) is 23.4. The predicted molar refractivity (Wildman–Crippen MR) is 120 cm³/mol. The van der Waals surface area contributed by atoms with Crippen LogP contribution in [0.1, 0.15) is 47.8 Å². The summed E-state index contributed by atoms with van der Waals surface area (Å²) in [5.74, 6) is 3.46. The van der Waals surface area contributed by atoms with Gasteiger partial charge in [0.15, 0.2) is 11.7 Å². The Morgan fingerprint density at radius 2 is 1.85 bits per heavy atom. The van der Waals surface area contributed by atoms with E-state index in [1.807, 2.05) is 25.5 Å². The third-order valence-electron chi connectivity index (χ3n) is 7.20. The molecule has 2 aromatic heterocycles. The van der Waals surface area contributed by atoms with Crippen molar-refractivity contribution in [3.05, 3.63) is 52.8 Å². The van der Waals surface area contributed by atoms with E-state index in [1.54, 1.807) is 12.1 Å². The standard InChI is InChI=1S/C24H28F3N5O.H2O/c1-15-21(33-16(2)28-15)22-30-29-20(31(22)3)6-4-5-11-32-13-19-12-23(19,14-32)17-7-9-18(10-8-17)24(25,26)27;/h7-10,19H,4-6,11-14H2,1-3H3;1H2/t19?,23-;/m1./s1. The van der Waals surface area contributed by atoms with Gasteiger partial charge in [0, 0.05) is 38.9 Å². The Kier molecular flexibility index (Phi) is 6.32. The molecule has 1 aliphatic carbocycles. The van der Waals surface area contributed by atoms with Crippen LogP contribution in [0.4, 0.5) is 13.2 Å². The van der Waals surface area contributed by atoms with Gasteiger partial charge in [-0.3, -0.25) is 0 Å². The number of unbranched alkanes of at least 4 members (excludes halogenated alkanes) is 1. The van der Waals surface area contributed by atoms with Crippen molar-refractivity contribution in [1.82, 2.24) is 24.6 Å². The lowest BCUT2D eigenvalue weighted by Gasteiger charge is -2.21. The third kappa shape index (κ3) is 4.36. The number of aryl methyl sites for hydroxylation is 3. The maximum absolute atomic E-state index is 12.9. The van der Waals surface area contributed by atoms with Gasteiger partial charge in [-0.05, 0) is 56.3 Å². The molecule has 1 saturated carbocycles. The summed E-state index contributed by atoms with van der Waals surface area (Å²) in [6.07, 6.45) is -0.335. The van der Waals surface area contributed by atoms with Gasteiger partial charge in [-0.25, -0.2) is 4.98 Å². The monoisotopic (exact) mass is 477 g/mol. The highest BCUT2D eigenvalue weighted by atomic mass is 19.4. The van der Waals surface area contributed by atoms with E-state index in [4.69, 9.17) is 4.42 Å². The average Bonchev–Trinajstić information content (AvgIpc) is 3.00. The number of nitrogens with zero attached hydrogens (tertiary/aromatic N) is 5. The zero-order valence-electron chi connectivity index (χ0n) is 19.6. The van der Waals surface area contributed by atoms with Crippen LogP contribution in [0.15, 0.2) is 28.7 Å². The number of aromatic nitrogens is 4. The lowest BCUT2D eigenvalue weighted by atomic mass is 9.94. The third-order valence-corrected chi connectivity index (χ3v) is 7.20. The van der Waals surface area contributed by atoms with Crippen molar-refractivity contribution >= 4 is 0 Å². The summed E-state index contributed by atoms with van der Waals surface area (Å²) in [5.41, 5.74) is 1.34. The fourth-order valence-electron chi connectivity index (χ4n) is 5.33. The maximum Gasteiger partial charge on any atom is 0.416 e. The summed E-state index contributed by atoms with van der Waals surface area (Å²) in [7, 11) is 1.95. The quantitative estimate of drug-likeness (QED) is 0.482. The van der Waals surface area contributed by atoms with E-state index in [2.05, 4.69) is 20.1 Å². The number of fused-ring (bicyclic) bond motifs is 1. The first kappa shape index (κ1) is 24.4. The molecule has 2 aliphatic rings. The van der Waals surface area contributed by atoms with Crippen LogP contribution < -0.4 is 0 Å². The second kappa shape index (κ2) is 8.81. The summed E-state index contributed by atoms with van der Waals surface area (Å²) in [4.78, 5) is 6.76. The van der Waals surface area contributed by atoms with Crippen LogP contribution in [-0.4, -0.2) is 49.8 Å². The highest BCUT2D eigenvalue weighted by Crippen LogP contribution is 2.59. The molecule has 2 fully saturated rings. The zero-order valence-corrected chi connectivity index (χ0v) is 19.6. The molecule has 2 N–H and O–H groups in total. The number of oxazole rings is 1. The van der Waals surface area contributed by atoms with Crippen LogP contribution in [0.5, 0.6) is 0 Å². The molecule has 0 spiro atoms. The average molecular weight is 478 g/mol. The number of halogens is 3. The van der Waals surface area contributed by atoms with Crippen LogP contribution in [0.3, 0.4) is 0 Å². The molecule has 2 atom stereocenters. The van der Waals surface area contributed by atoms with E-state index < -0.39 is 11.7 Å². The highest BCUT2D eigenvalue weighted by molar-refractivity contribution is 5.50. The normalized spacial score (nSPS) is 22.0. The van der Waals surface area contributed by atoms with Gasteiger partial charge in [-0.15, -0.1) is 10.2 Å². The molecular formula is C24H30F3N5O2. The predicted octanol–water partition coefficient (Wildman–Crippen LogP) is 3.88. The second-order valence-electron chi connectivity index (χ2n) is 9.47. The lowest BCUT2D eigenvalue weighted by Crippen LogP contribution is -2.27. The van der Waals surface area contributed by atoms with Gasteiger partial charge in [0.25, 0.3) is 0 Å². The van der Waals surface area contributed by atoms with Gasteiger partial charge in [0.05, 0.1) is 11.3 Å². The van der Waals surface area contributed by atoms with E-state index in [1.165, 1.54) is 12.1 Å². The SMILES string of the molecule is Cc1nc(C)c(-c2nnc(CCCCN3CC4C[C@]4(c4ccc(C(F)(F)F)cc4)C3)n2C)o1.O. The molecule has 1 aromatic carbocycles. The molecule has 34 heavy (non-hydrogen) atoms. The lowest BCUT2D eigenvalue weighted by molar-refractivity contribution is -0.137. The van der Waals surface area contributed by atoms with Crippen LogP contribution in [0, 0.1) is 19.8 Å². The Bertz CT molecular complexity index is 1150. The number of rotatable bonds is 7. The summed E-state index contributed by atoms with van der Waals surface area (Å²) in [6.45, 7) is 6.67. The number of hydrogen-bond donors (Lipinski definition) is 0. The number of benzene rings is 1. The van der Waals surface area contributed by atoms with Crippen molar-refractivity contribution in [2.45, 2.75) is 51.1 Å². The van der Waals surface area contributed by atoms with Gasteiger partial charge < -0.3 is 19.4 Å². The Morgan fingerprint density at radius 3 is 2.50 bits per heavy atom. The highest BCUT2D eigenvalue weighted by Gasteiger charge is 2.60. The second-order valence-corrected chi connectivity index (χ2v) is 9.47. The van der Waals surface area contributed by atoms with E-state index in [0.29, 0.717) is 23.4 Å². The van der Waals surface area contributed by atoms with E-state index in [-0.39, 0.29) is 10.9 Å². The van der Waals surface area contributed by atoms with Crippen LogP contribution in [0.25, 0.3) is 11.6 Å². The maximum atomic E-state index is 12.9. The van der Waals surface area contributed by atoms with Gasteiger partial charge >= 0.3 is 6.18 Å². The topological polar surface area (TPSA) is 91.5 Å². The van der Waals surface area contributed by atoms with Crippen LogP contribution in [0.2, 0.25) is 0 Å². The molecule has 10 heteroatoms. The smallest absolute Gasteiger partial charge is 0.416 e. The molecule has 184 valence electrons. The number of alkyl halides is 3. The van der Waals surface area contributed by atoms with Crippen molar-refractivity contribution in [2.24, 2.45) is 13.0 Å².